The number of ether oxygens (including phenoxy) is 2. The van der Waals surface area contributed by atoms with Crippen molar-refractivity contribution >= 4 is 5.78 Å². The molecule has 0 amide bonds. The molecule has 28 heavy (non-hydrogen) atoms. The first-order valence-corrected chi connectivity index (χ1v) is 11.9. The van der Waals surface area contributed by atoms with Crippen LogP contribution >= 0.6 is 0 Å². The molecule has 1 saturated heterocycles. The van der Waals surface area contributed by atoms with Crippen LogP contribution in [0.15, 0.2) is 23.0 Å². The largest absolute Gasteiger partial charge is 0.469 e. The highest BCUT2D eigenvalue weighted by atomic mass is 16.7. The topological polar surface area (TPSA) is 35.5 Å². The summed E-state index contributed by atoms with van der Waals surface area (Å²) in [5.41, 5.74) is 3.42. The fourth-order valence-electron chi connectivity index (χ4n) is 7.44. The van der Waals surface area contributed by atoms with Crippen molar-refractivity contribution in [1.82, 2.24) is 0 Å². The van der Waals surface area contributed by atoms with Crippen LogP contribution in [-0.4, -0.2) is 18.7 Å². The number of rotatable bonds is 4. The fourth-order valence-corrected chi connectivity index (χ4v) is 7.44. The third kappa shape index (κ3) is 3.09. The summed E-state index contributed by atoms with van der Waals surface area (Å²) in [5, 5.41) is 0. The molecule has 0 bridgehead atoms. The molecular formula is C25H36O3. The van der Waals surface area contributed by atoms with E-state index in [4.69, 9.17) is 9.47 Å². The highest BCUT2D eigenvalue weighted by molar-refractivity contribution is 5.87. The molecular weight excluding hydrogens is 348 g/mol. The minimum Gasteiger partial charge on any atom is -0.469 e. The Kier molecular flexibility index (Phi) is 5.15. The van der Waals surface area contributed by atoms with Crippen LogP contribution in [-0.2, 0) is 14.3 Å². The lowest BCUT2D eigenvalue weighted by atomic mass is 9.53. The van der Waals surface area contributed by atoms with Crippen LogP contribution in [0.5, 0.6) is 0 Å². The van der Waals surface area contributed by atoms with Crippen molar-refractivity contribution in [3.63, 3.8) is 0 Å². The Morgan fingerprint density at radius 3 is 2.93 bits per heavy atom. The first kappa shape index (κ1) is 18.9. The second-order valence-corrected chi connectivity index (χ2v) is 9.92. The van der Waals surface area contributed by atoms with Crippen LogP contribution in [0.1, 0.15) is 90.4 Å². The average Bonchev–Trinajstić information content (AvgIpc) is 3.05. The van der Waals surface area contributed by atoms with E-state index < -0.39 is 0 Å². The van der Waals surface area contributed by atoms with Crippen molar-refractivity contribution in [2.75, 3.05) is 6.61 Å². The Morgan fingerprint density at radius 1 is 1.18 bits per heavy atom. The predicted molar refractivity (Wildman–Crippen MR) is 110 cm³/mol. The number of carbonyl (C=O) groups excluding carboxylic acids is 1. The molecule has 1 aliphatic heterocycles. The van der Waals surface area contributed by atoms with Crippen molar-refractivity contribution in [2.45, 2.75) is 96.7 Å². The van der Waals surface area contributed by atoms with Crippen LogP contribution in [0.2, 0.25) is 0 Å². The minimum atomic E-state index is -0.0210. The van der Waals surface area contributed by atoms with Crippen LogP contribution in [0.3, 0.4) is 0 Å². The van der Waals surface area contributed by atoms with Gasteiger partial charge < -0.3 is 9.47 Å². The van der Waals surface area contributed by atoms with Crippen molar-refractivity contribution in [3.05, 3.63) is 23.0 Å². The number of ketones is 1. The van der Waals surface area contributed by atoms with Crippen LogP contribution in [0.25, 0.3) is 0 Å². The summed E-state index contributed by atoms with van der Waals surface area (Å²) in [6.07, 6.45) is 17.0. The molecule has 0 spiro atoms. The standard InChI is InChI=1S/C25H36O3/c1-2-13-25-14-12-20-19-9-7-18(28-24-5-3-4-15-27-24)16-17(19)6-8-21(20)22(25)10-11-23(25)26/h7,20-22,24H,2-6,8-16H2,1H3/t20-,21-,22+,24?,25?/m1/s1. The van der Waals surface area contributed by atoms with Gasteiger partial charge in [0, 0.05) is 24.7 Å². The third-order valence-corrected chi connectivity index (χ3v) is 8.62. The quantitative estimate of drug-likeness (QED) is 0.550. The lowest BCUT2D eigenvalue weighted by Gasteiger charge is -2.51. The van der Waals surface area contributed by atoms with Crippen LogP contribution in [0.4, 0.5) is 0 Å². The molecule has 1 heterocycles. The highest BCUT2D eigenvalue weighted by Gasteiger charge is 2.56. The molecule has 5 aliphatic rings. The van der Waals surface area contributed by atoms with Crippen LogP contribution in [0, 0.1) is 23.2 Å². The number of Topliss-reactive ketones (excluding diaryl/α,β-unsaturated/α-hetero) is 1. The second-order valence-electron chi connectivity index (χ2n) is 9.92. The Morgan fingerprint density at radius 2 is 2.11 bits per heavy atom. The van der Waals surface area contributed by atoms with E-state index in [0.717, 1.165) is 75.6 Å². The monoisotopic (exact) mass is 384 g/mol. The van der Waals surface area contributed by atoms with Gasteiger partial charge in [-0.25, -0.2) is 0 Å². The molecule has 2 saturated carbocycles. The molecule has 154 valence electrons. The second kappa shape index (κ2) is 7.63. The summed E-state index contributed by atoms with van der Waals surface area (Å²) in [5.74, 6) is 3.89. The molecule has 3 fully saturated rings. The van der Waals surface area contributed by atoms with Gasteiger partial charge in [-0.2, -0.15) is 0 Å². The van der Waals surface area contributed by atoms with Gasteiger partial charge >= 0.3 is 0 Å². The van der Waals surface area contributed by atoms with Gasteiger partial charge in [0.05, 0.1) is 12.4 Å². The Labute approximate surface area is 169 Å². The van der Waals surface area contributed by atoms with Crippen molar-refractivity contribution in [1.29, 1.82) is 0 Å². The molecule has 0 aromatic carbocycles. The SMILES string of the molecule is CCCC12CC[C@@H]3C4=C(CC[C@H]3[C@@H]1CCC2=O)CC(OC1CCCCO1)=CC4. The summed E-state index contributed by atoms with van der Waals surface area (Å²) in [7, 11) is 0. The average molecular weight is 385 g/mol. The summed E-state index contributed by atoms with van der Waals surface area (Å²) in [6.45, 7) is 3.10. The summed E-state index contributed by atoms with van der Waals surface area (Å²) in [4.78, 5) is 12.9. The van der Waals surface area contributed by atoms with E-state index >= 15 is 0 Å². The van der Waals surface area contributed by atoms with Gasteiger partial charge in [0.1, 0.15) is 5.78 Å². The maximum absolute atomic E-state index is 12.9. The van der Waals surface area contributed by atoms with E-state index in [9.17, 15) is 4.79 Å². The smallest absolute Gasteiger partial charge is 0.199 e. The first-order chi connectivity index (χ1) is 13.7. The maximum atomic E-state index is 12.9. The van der Waals surface area contributed by atoms with Gasteiger partial charge in [0.25, 0.3) is 0 Å². The maximum Gasteiger partial charge on any atom is 0.199 e. The van der Waals surface area contributed by atoms with Gasteiger partial charge in [0.2, 0.25) is 0 Å². The molecule has 0 N–H and O–H groups in total. The zero-order valence-corrected chi connectivity index (χ0v) is 17.5. The van der Waals surface area contributed by atoms with E-state index in [0.29, 0.717) is 11.7 Å². The number of carbonyl (C=O) groups is 1. The fraction of sp³-hybridized carbons (Fsp3) is 0.800. The van der Waals surface area contributed by atoms with Gasteiger partial charge in [-0.15, -0.1) is 0 Å². The Bertz CT molecular complexity index is 684. The Hall–Kier alpha value is -1.09. The first-order valence-electron chi connectivity index (χ1n) is 11.9. The lowest BCUT2D eigenvalue weighted by Crippen LogP contribution is -2.45. The normalized spacial score (nSPS) is 40.5. The molecule has 2 unspecified atom stereocenters. The number of allylic oxidation sites excluding steroid dienone is 3. The number of fused-ring (bicyclic) bond motifs is 4. The van der Waals surface area contributed by atoms with Crippen LogP contribution < -0.4 is 0 Å². The number of hydrogen-bond acceptors (Lipinski definition) is 3. The van der Waals surface area contributed by atoms with Gasteiger partial charge in [-0.1, -0.05) is 24.5 Å². The van der Waals surface area contributed by atoms with E-state index in [2.05, 4.69) is 13.0 Å². The molecule has 3 heteroatoms. The van der Waals surface area contributed by atoms with E-state index in [1.54, 1.807) is 11.1 Å². The van der Waals surface area contributed by atoms with Gasteiger partial charge in [-0.05, 0) is 81.6 Å². The summed E-state index contributed by atoms with van der Waals surface area (Å²) < 4.78 is 12.0. The van der Waals surface area contributed by atoms with E-state index in [-0.39, 0.29) is 11.7 Å². The minimum absolute atomic E-state index is 0.0210. The van der Waals surface area contributed by atoms with Crippen molar-refractivity contribution in [2.24, 2.45) is 23.2 Å². The van der Waals surface area contributed by atoms with Gasteiger partial charge in [-0.3, -0.25) is 4.79 Å². The molecule has 3 nitrogen and oxygen atoms in total. The molecule has 0 radical (unpaired) electrons. The third-order valence-electron chi connectivity index (χ3n) is 8.62. The Balaban J connectivity index is 1.30. The molecule has 4 aliphatic carbocycles. The zero-order chi connectivity index (χ0) is 19.1. The molecule has 0 aromatic heterocycles. The lowest BCUT2D eigenvalue weighted by molar-refractivity contribution is -0.140. The molecule has 0 aromatic rings. The zero-order valence-electron chi connectivity index (χ0n) is 17.5. The van der Waals surface area contributed by atoms with E-state index in [1.165, 1.54) is 32.1 Å². The highest BCUT2D eigenvalue weighted by Crippen LogP contribution is 2.61. The predicted octanol–water partition coefficient (Wildman–Crippen LogP) is 6.09. The number of hydrogen-bond donors (Lipinski definition) is 0. The van der Waals surface area contributed by atoms with Crippen molar-refractivity contribution in [3.8, 4) is 0 Å². The van der Waals surface area contributed by atoms with Crippen molar-refractivity contribution < 1.29 is 14.3 Å². The summed E-state index contributed by atoms with van der Waals surface area (Å²) in [6, 6.07) is 0. The molecule has 5 rings (SSSR count). The van der Waals surface area contributed by atoms with Gasteiger partial charge in [0.15, 0.2) is 6.29 Å². The molecule has 5 atom stereocenters. The van der Waals surface area contributed by atoms with E-state index in [1.807, 2.05) is 0 Å². The summed E-state index contributed by atoms with van der Waals surface area (Å²) >= 11 is 0.